The van der Waals surface area contributed by atoms with Gasteiger partial charge in [-0.15, -0.1) is 0 Å². The lowest BCUT2D eigenvalue weighted by Gasteiger charge is -2.22. The van der Waals surface area contributed by atoms with Gasteiger partial charge in [0, 0.05) is 13.7 Å². The Morgan fingerprint density at radius 2 is 1.95 bits per heavy atom. The minimum Gasteiger partial charge on any atom is -0.480 e. The van der Waals surface area contributed by atoms with Gasteiger partial charge >= 0.3 is 11.9 Å². The third-order valence-electron chi connectivity index (χ3n) is 2.31. The predicted octanol–water partition coefficient (Wildman–Crippen LogP) is -0.699. The average molecular weight is 297 g/mol. The highest BCUT2D eigenvalue weighted by atomic mass is 32.2. The zero-order chi connectivity index (χ0) is 15.1. The lowest BCUT2D eigenvalue weighted by Crippen LogP contribution is -2.45. The van der Waals surface area contributed by atoms with Gasteiger partial charge in [-0.25, -0.2) is 8.42 Å². The Morgan fingerprint density at radius 3 is 2.37 bits per heavy atom. The number of esters is 1. The average Bonchev–Trinajstić information content (AvgIpc) is 2.33. The molecule has 0 bridgehead atoms. The van der Waals surface area contributed by atoms with Crippen LogP contribution in [0.2, 0.25) is 0 Å². The number of carboxylic acids is 1. The summed E-state index contributed by atoms with van der Waals surface area (Å²) in [5.41, 5.74) is 0. The highest BCUT2D eigenvalue weighted by Gasteiger charge is 2.35. The molecular weight excluding hydrogens is 278 g/mol. The summed E-state index contributed by atoms with van der Waals surface area (Å²) in [6.07, 6.45) is 0. The molecule has 0 fully saturated rings. The van der Waals surface area contributed by atoms with E-state index < -0.39 is 33.8 Å². The molecule has 0 aromatic heterocycles. The summed E-state index contributed by atoms with van der Waals surface area (Å²) in [7, 11) is -2.76. The predicted molar refractivity (Wildman–Crippen MR) is 66.1 cm³/mol. The molecule has 0 saturated heterocycles. The van der Waals surface area contributed by atoms with Crippen molar-refractivity contribution >= 4 is 22.0 Å². The third kappa shape index (κ3) is 5.53. The summed E-state index contributed by atoms with van der Waals surface area (Å²) in [5.74, 6) is -2.22. The van der Waals surface area contributed by atoms with Crippen molar-refractivity contribution in [2.75, 3.05) is 33.4 Å². The first kappa shape index (κ1) is 17.8. The number of nitrogens with zero attached hydrogens (tertiary/aromatic N) is 1. The molecule has 0 amide bonds. The first-order valence-corrected chi connectivity index (χ1v) is 7.14. The van der Waals surface area contributed by atoms with Gasteiger partial charge in [-0.05, 0) is 13.8 Å². The molecule has 8 nitrogen and oxygen atoms in total. The zero-order valence-corrected chi connectivity index (χ0v) is 12.0. The molecule has 19 heavy (non-hydrogen) atoms. The molecule has 0 aliphatic carbocycles. The van der Waals surface area contributed by atoms with Crippen LogP contribution in [0.15, 0.2) is 0 Å². The van der Waals surface area contributed by atoms with E-state index in [1.165, 1.54) is 7.11 Å². The van der Waals surface area contributed by atoms with Crippen molar-refractivity contribution in [1.29, 1.82) is 0 Å². The van der Waals surface area contributed by atoms with Gasteiger partial charge in [0.15, 0.2) is 5.25 Å². The van der Waals surface area contributed by atoms with Gasteiger partial charge in [0.05, 0.1) is 13.2 Å². The van der Waals surface area contributed by atoms with Crippen LogP contribution in [0.1, 0.15) is 13.8 Å². The van der Waals surface area contributed by atoms with E-state index in [0.717, 1.165) is 11.2 Å². The molecule has 0 spiro atoms. The number of hydrogen-bond acceptors (Lipinski definition) is 6. The Morgan fingerprint density at radius 1 is 1.37 bits per heavy atom. The monoisotopic (exact) mass is 297 g/mol. The van der Waals surface area contributed by atoms with Crippen LogP contribution < -0.4 is 0 Å². The summed E-state index contributed by atoms with van der Waals surface area (Å²) in [5, 5.41) is 7.14. The Bertz CT molecular complexity index is 406. The second kappa shape index (κ2) is 8.08. The fraction of sp³-hybridized carbons (Fsp3) is 0.800. The smallest absolute Gasteiger partial charge is 0.323 e. The van der Waals surface area contributed by atoms with Gasteiger partial charge in [-0.1, -0.05) is 0 Å². The van der Waals surface area contributed by atoms with Crippen molar-refractivity contribution in [2.45, 2.75) is 19.1 Å². The van der Waals surface area contributed by atoms with Crippen LogP contribution in [0, 0.1) is 0 Å². The van der Waals surface area contributed by atoms with Crippen molar-refractivity contribution in [3.8, 4) is 0 Å². The van der Waals surface area contributed by atoms with Crippen LogP contribution in [-0.2, 0) is 29.1 Å². The van der Waals surface area contributed by atoms with E-state index in [2.05, 4.69) is 4.74 Å². The van der Waals surface area contributed by atoms with Crippen LogP contribution in [0.25, 0.3) is 0 Å². The van der Waals surface area contributed by atoms with E-state index >= 15 is 0 Å². The number of sulfonamides is 1. The number of rotatable bonds is 9. The standard InChI is InChI=1S/C10H19NO7S/c1-4-18-9(12)7-11(5-6-17-3)19(15,16)8(2)10(13)14/h8H,4-7H2,1-3H3,(H,13,14). The molecular formula is C10H19NO7S. The molecule has 0 radical (unpaired) electrons. The van der Waals surface area contributed by atoms with Crippen LogP contribution in [0.4, 0.5) is 0 Å². The molecule has 0 aliphatic heterocycles. The van der Waals surface area contributed by atoms with Gasteiger partial charge in [-0.2, -0.15) is 4.31 Å². The molecule has 1 atom stereocenters. The van der Waals surface area contributed by atoms with Crippen molar-refractivity contribution in [3.63, 3.8) is 0 Å². The molecule has 0 rings (SSSR count). The number of ether oxygens (including phenoxy) is 2. The van der Waals surface area contributed by atoms with E-state index in [1.54, 1.807) is 6.92 Å². The molecule has 0 saturated carbocycles. The number of methoxy groups -OCH3 is 1. The molecule has 9 heteroatoms. The largest absolute Gasteiger partial charge is 0.480 e. The molecule has 0 aliphatic rings. The Kier molecular flexibility index (Phi) is 7.57. The SMILES string of the molecule is CCOC(=O)CN(CCOC)S(=O)(=O)C(C)C(=O)O. The molecule has 0 aromatic carbocycles. The Hall–Kier alpha value is -1.19. The van der Waals surface area contributed by atoms with E-state index in [9.17, 15) is 18.0 Å². The highest BCUT2D eigenvalue weighted by Crippen LogP contribution is 2.09. The van der Waals surface area contributed by atoms with Crippen molar-refractivity contribution < 1.29 is 32.6 Å². The van der Waals surface area contributed by atoms with Crippen molar-refractivity contribution in [1.82, 2.24) is 4.31 Å². The molecule has 1 unspecified atom stereocenters. The van der Waals surface area contributed by atoms with E-state index in [-0.39, 0.29) is 19.8 Å². The van der Waals surface area contributed by atoms with Crippen LogP contribution in [0.3, 0.4) is 0 Å². The van der Waals surface area contributed by atoms with E-state index in [0.29, 0.717) is 0 Å². The van der Waals surface area contributed by atoms with Gasteiger partial charge in [0.25, 0.3) is 0 Å². The lowest BCUT2D eigenvalue weighted by atomic mass is 10.5. The number of aliphatic carboxylic acids is 1. The van der Waals surface area contributed by atoms with Crippen LogP contribution >= 0.6 is 0 Å². The number of hydrogen-bond donors (Lipinski definition) is 1. The van der Waals surface area contributed by atoms with E-state index in [1.807, 2.05) is 0 Å². The lowest BCUT2D eigenvalue weighted by molar-refractivity contribution is -0.143. The van der Waals surface area contributed by atoms with Gasteiger partial charge in [-0.3, -0.25) is 9.59 Å². The maximum absolute atomic E-state index is 12.0. The maximum Gasteiger partial charge on any atom is 0.323 e. The number of carbonyl (C=O) groups excluding carboxylic acids is 1. The van der Waals surface area contributed by atoms with Gasteiger partial charge in [0.1, 0.15) is 6.54 Å². The van der Waals surface area contributed by atoms with Crippen LogP contribution in [0.5, 0.6) is 0 Å². The first-order valence-electron chi connectivity index (χ1n) is 5.63. The maximum atomic E-state index is 12.0. The molecule has 0 heterocycles. The second-order valence-corrected chi connectivity index (χ2v) is 5.91. The summed E-state index contributed by atoms with van der Waals surface area (Å²) in [6, 6.07) is 0. The number of carboxylic acid groups (broad SMARTS) is 1. The highest BCUT2D eigenvalue weighted by molar-refractivity contribution is 7.90. The Labute approximate surface area is 112 Å². The quantitative estimate of drug-likeness (QED) is 0.560. The van der Waals surface area contributed by atoms with Crippen molar-refractivity contribution in [2.24, 2.45) is 0 Å². The molecule has 112 valence electrons. The van der Waals surface area contributed by atoms with Gasteiger partial charge in [0.2, 0.25) is 10.0 Å². The molecule has 1 N–H and O–H groups in total. The van der Waals surface area contributed by atoms with Crippen molar-refractivity contribution in [3.05, 3.63) is 0 Å². The minimum absolute atomic E-state index is 0.0466. The summed E-state index contributed by atoms with van der Waals surface area (Å²) in [4.78, 5) is 22.1. The normalized spacial score (nSPS) is 13.3. The minimum atomic E-state index is -4.13. The first-order chi connectivity index (χ1) is 8.77. The topological polar surface area (TPSA) is 110 Å². The fourth-order valence-corrected chi connectivity index (χ4v) is 2.51. The third-order valence-corrected chi connectivity index (χ3v) is 4.44. The fourth-order valence-electron chi connectivity index (χ4n) is 1.19. The van der Waals surface area contributed by atoms with Crippen LogP contribution in [-0.4, -0.2) is 68.4 Å². The second-order valence-electron chi connectivity index (χ2n) is 3.66. The van der Waals surface area contributed by atoms with E-state index in [4.69, 9.17) is 9.84 Å². The van der Waals surface area contributed by atoms with Gasteiger partial charge < -0.3 is 14.6 Å². The summed E-state index contributed by atoms with van der Waals surface area (Å²) >= 11 is 0. The number of carbonyl (C=O) groups is 2. The summed E-state index contributed by atoms with van der Waals surface area (Å²) in [6.45, 7) is 2.15. The summed E-state index contributed by atoms with van der Waals surface area (Å²) < 4.78 is 34.2. The molecule has 0 aromatic rings. The zero-order valence-electron chi connectivity index (χ0n) is 11.2. The Balaban J connectivity index is 5.01.